The van der Waals surface area contributed by atoms with E-state index in [9.17, 15) is 10.2 Å². The predicted molar refractivity (Wildman–Crippen MR) is 64.4 cm³/mol. The number of aliphatic hydroxyl groups is 2. The van der Waals surface area contributed by atoms with Crippen LogP contribution in [0.15, 0.2) is 0 Å². The minimum absolute atomic E-state index is 0.0880. The summed E-state index contributed by atoms with van der Waals surface area (Å²) in [6, 6.07) is -0.364. The Balaban J connectivity index is 2.24. The second-order valence-electron chi connectivity index (χ2n) is 4.05. The molecule has 1 aromatic heterocycles. The molecule has 0 fully saturated rings. The van der Waals surface area contributed by atoms with Crippen LogP contribution in [0.2, 0.25) is 0 Å². The maximum atomic E-state index is 9.76. The van der Waals surface area contributed by atoms with Crippen molar-refractivity contribution >= 4 is 23.3 Å². The molecular weight excluding hydrogens is 224 g/mol. The first kappa shape index (κ1) is 11.7. The second-order valence-corrected chi connectivity index (χ2v) is 4.05. The van der Waals surface area contributed by atoms with E-state index < -0.39 is 12.2 Å². The van der Waals surface area contributed by atoms with E-state index in [-0.39, 0.29) is 17.8 Å². The number of aliphatic hydroxyl groups excluding tert-OH is 2. The number of anilines is 4. The van der Waals surface area contributed by atoms with Crippen LogP contribution in [0, 0.1) is 0 Å². The molecule has 0 aliphatic carbocycles. The van der Waals surface area contributed by atoms with Gasteiger partial charge in [-0.1, -0.05) is 0 Å². The standard InChI is InChI=1S/C9H16N6O2/c1-3(16)6(17)4-2-12-8-5(13-4)7(10)14-9(11)15-8/h3-4,6,13,16-17H,2H2,1H3,(H5,10,11,12,14,15)/t3-,4+,6-/m0/s1. The van der Waals surface area contributed by atoms with E-state index in [1.807, 2.05) is 0 Å². The molecule has 0 aromatic carbocycles. The lowest BCUT2D eigenvalue weighted by Gasteiger charge is -2.32. The highest BCUT2D eigenvalue weighted by molar-refractivity contribution is 5.78. The van der Waals surface area contributed by atoms with Gasteiger partial charge in [-0.3, -0.25) is 0 Å². The Hall–Kier alpha value is -1.80. The molecule has 1 aliphatic heterocycles. The molecule has 1 aliphatic rings. The van der Waals surface area contributed by atoms with Gasteiger partial charge in [0.25, 0.3) is 0 Å². The lowest BCUT2D eigenvalue weighted by atomic mass is 10.0. The molecule has 3 atom stereocenters. The van der Waals surface area contributed by atoms with Gasteiger partial charge >= 0.3 is 0 Å². The summed E-state index contributed by atoms with van der Waals surface area (Å²) in [7, 11) is 0. The van der Waals surface area contributed by atoms with Crippen LogP contribution in [0.5, 0.6) is 0 Å². The van der Waals surface area contributed by atoms with Crippen LogP contribution in [0.3, 0.4) is 0 Å². The van der Waals surface area contributed by atoms with Crippen LogP contribution in [-0.2, 0) is 0 Å². The first-order valence-electron chi connectivity index (χ1n) is 5.28. The molecule has 0 spiro atoms. The monoisotopic (exact) mass is 240 g/mol. The fraction of sp³-hybridized carbons (Fsp3) is 0.556. The molecule has 8 N–H and O–H groups in total. The van der Waals surface area contributed by atoms with Crippen LogP contribution in [0.25, 0.3) is 0 Å². The molecule has 2 heterocycles. The van der Waals surface area contributed by atoms with Gasteiger partial charge in [-0.25, -0.2) is 0 Å². The van der Waals surface area contributed by atoms with Gasteiger partial charge in [0.2, 0.25) is 5.95 Å². The van der Waals surface area contributed by atoms with E-state index in [0.29, 0.717) is 18.1 Å². The number of hydrogen-bond acceptors (Lipinski definition) is 8. The van der Waals surface area contributed by atoms with Crippen LogP contribution >= 0.6 is 0 Å². The largest absolute Gasteiger partial charge is 0.391 e. The van der Waals surface area contributed by atoms with Crippen molar-refractivity contribution in [2.24, 2.45) is 0 Å². The van der Waals surface area contributed by atoms with Crippen molar-refractivity contribution in [3.05, 3.63) is 0 Å². The lowest BCUT2D eigenvalue weighted by Crippen LogP contribution is -2.47. The van der Waals surface area contributed by atoms with Crippen LogP contribution in [-0.4, -0.2) is 45.0 Å². The fourth-order valence-electron chi connectivity index (χ4n) is 1.75. The van der Waals surface area contributed by atoms with E-state index in [2.05, 4.69) is 20.6 Å². The van der Waals surface area contributed by atoms with E-state index in [0.717, 1.165) is 0 Å². The first-order chi connectivity index (χ1) is 7.99. The van der Waals surface area contributed by atoms with Gasteiger partial charge < -0.3 is 32.3 Å². The molecule has 0 amide bonds. The van der Waals surface area contributed by atoms with Gasteiger partial charge in [0, 0.05) is 6.54 Å². The molecule has 2 rings (SSSR count). The minimum Gasteiger partial charge on any atom is -0.391 e. The van der Waals surface area contributed by atoms with Crippen molar-refractivity contribution in [1.29, 1.82) is 0 Å². The third kappa shape index (κ3) is 2.17. The summed E-state index contributed by atoms with van der Waals surface area (Å²) in [4.78, 5) is 7.81. The maximum Gasteiger partial charge on any atom is 0.224 e. The van der Waals surface area contributed by atoms with E-state index >= 15 is 0 Å². The highest BCUT2D eigenvalue weighted by Crippen LogP contribution is 2.30. The van der Waals surface area contributed by atoms with Gasteiger partial charge in [0.1, 0.15) is 11.8 Å². The summed E-state index contributed by atoms with van der Waals surface area (Å²) in [5.41, 5.74) is 11.7. The molecular formula is C9H16N6O2. The van der Waals surface area contributed by atoms with E-state index in [1.165, 1.54) is 6.92 Å². The summed E-state index contributed by atoms with van der Waals surface area (Å²) in [6.45, 7) is 1.93. The molecule has 94 valence electrons. The number of nitrogens with zero attached hydrogens (tertiary/aromatic N) is 2. The third-order valence-electron chi connectivity index (χ3n) is 2.68. The summed E-state index contributed by atoms with van der Waals surface area (Å²) >= 11 is 0. The zero-order valence-electron chi connectivity index (χ0n) is 9.38. The van der Waals surface area contributed by atoms with Crippen molar-refractivity contribution in [2.75, 3.05) is 28.6 Å². The SMILES string of the molecule is C[C@H](O)[C@H](O)[C@H]1CNc2nc(N)nc(N)c2N1. The molecule has 8 heteroatoms. The zero-order chi connectivity index (χ0) is 12.6. The number of nitrogens with one attached hydrogen (secondary N) is 2. The lowest BCUT2D eigenvalue weighted by molar-refractivity contribution is 0.0214. The van der Waals surface area contributed by atoms with Gasteiger partial charge in [-0.2, -0.15) is 9.97 Å². The third-order valence-corrected chi connectivity index (χ3v) is 2.68. The van der Waals surface area contributed by atoms with Gasteiger partial charge in [0.05, 0.1) is 12.1 Å². The summed E-state index contributed by atoms with van der Waals surface area (Å²) in [6.07, 6.45) is -1.75. The minimum atomic E-state index is -0.910. The van der Waals surface area contributed by atoms with Gasteiger partial charge in [-0.05, 0) is 6.92 Å². The summed E-state index contributed by atoms with van der Waals surface area (Å²) < 4.78 is 0. The quantitative estimate of drug-likeness (QED) is 0.370. The average Bonchev–Trinajstić information content (AvgIpc) is 2.27. The van der Waals surface area contributed by atoms with Crippen LogP contribution in [0.1, 0.15) is 6.92 Å². The summed E-state index contributed by atoms with van der Waals surface area (Å²) in [5, 5.41) is 25.1. The number of rotatable bonds is 2. The molecule has 0 saturated heterocycles. The number of aromatic nitrogens is 2. The molecule has 8 nitrogen and oxygen atoms in total. The number of nitrogens with two attached hydrogens (primary N) is 2. The number of nitrogen functional groups attached to an aromatic ring is 2. The maximum absolute atomic E-state index is 9.76. The molecule has 1 aromatic rings. The zero-order valence-corrected chi connectivity index (χ0v) is 9.38. The highest BCUT2D eigenvalue weighted by atomic mass is 16.3. The van der Waals surface area contributed by atoms with Crippen molar-refractivity contribution in [3.8, 4) is 0 Å². The number of hydrogen-bond donors (Lipinski definition) is 6. The fourth-order valence-corrected chi connectivity index (χ4v) is 1.75. The Labute approximate surface area is 98.1 Å². The normalized spacial score (nSPS) is 21.9. The Morgan fingerprint density at radius 2 is 2.06 bits per heavy atom. The summed E-state index contributed by atoms with van der Waals surface area (Å²) in [5.74, 6) is 0.802. The smallest absolute Gasteiger partial charge is 0.224 e. The van der Waals surface area contributed by atoms with Crippen molar-refractivity contribution in [2.45, 2.75) is 25.2 Å². The van der Waals surface area contributed by atoms with E-state index in [1.54, 1.807) is 0 Å². The Bertz CT molecular complexity index is 424. The van der Waals surface area contributed by atoms with Gasteiger partial charge in [-0.15, -0.1) is 0 Å². The van der Waals surface area contributed by atoms with Crippen molar-refractivity contribution < 1.29 is 10.2 Å². The average molecular weight is 240 g/mol. The van der Waals surface area contributed by atoms with Crippen LogP contribution < -0.4 is 22.1 Å². The Morgan fingerprint density at radius 3 is 2.71 bits per heavy atom. The second kappa shape index (κ2) is 4.22. The topological polar surface area (TPSA) is 142 Å². The number of fused-ring (bicyclic) bond motifs is 1. The van der Waals surface area contributed by atoms with E-state index in [4.69, 9.17) is 11.5 Å². The Kier molecular flexibility index (Phi) is 2.90. The predicted octanol–water partition coefficient (Wildman–Crippen LogP) is -1.41. The highest BCUT2D eigenvalue weighted by Gasteiger charge is 2.29. The molecule has 17 heavy (non-hydrogen) atoms. The van der Waals surface area contributed by atoms with Crippen molar-refractivity contribution in [1.82, 2.24) is 9.97 Å². The van der Waals surface area contributed by atoms with Crippen LogP contribution in [0.4, 0.5) is 23.3 Å². The van der Waals surface area contributed by atoms with Gasteiger partial charge in [0.15, 0.2) is 11.6 Å². The Morgan fingerprint density at radius 1 is 1.35 bits per heavy atom. The van der Waals surface area contributed by atoms with Crippen molar-refractivity contribution in [3.63, 3.8) is 0 Å². The molecule has 0 radical (unpaired) electrons. The molecule has 0 bridgehead atoms. The first-order valence-corrected chi connectivity index (χ1v) is 5.28. The molecule has 0 unspecified atom stereocenters. The molecule has 0 saturated carbocycles.